The van der Waals surface area contributed by atoms with E-state index >= 15 is 0 Å². The molecule has 0 aromatic carbocycles. The zero-order chi connectivity index (χ0) is 14.7. The fourth-order valence-electron chi connectivity index (χ4n) is 2.15. The average molecular weight is 298 g/mol. The van der Waals surface area contributed by atoms with Crippen LogP contribution in [0.3, 0.4) is 0 Å². The maximum atomic E-state index is 13.8. The minimum Gasteiger partial charge on any atom is -0.271 e. The molecule has 1 unspecified atom stereocenters. The first-order valence-corrected chi connectivity index (χ1v) is 6.74. The monoisotopic (exact) mass is 297 g/mol. The molecule has 0 saturated carbocycles. The predicted molar refractivity (Wildman–Crippen MR) is 75.6 cm³/mol. The Labute approximate surface area is 121 Å². The Morgan fingerprint density at radius 2 is 2.30 bits per heavy atom. The van der Waals surface area contributed by atoms with Crippen molar-refractivity contribution in [1.82, 2.24) is 20.2 Å². The maximum absolute atomic E-state index is 13.8. The van der Waals surface area contributed by atoms with Crippen LogP contribution >= 0.6 is 11.6 Å². The van der Waals surface area contributed by atoms with Gasteiger partial charge in [0.1, 0.15) is 5.82 Å². The van der Waals surface area contributed by atoms with Crippen molar-refractivity contribution in [2.75, 3.05) is 0 Å². The third-order valence-corrected chi connectivity index (χ3v) is 3.66. The number of rotatable bonds is 5. The summed E-state index contributed by atoms with van der Waals surface area (Å²) in [6.07, 6.45) is 1.95. The van der Waals surface area contributed by atoms with Gasteiger partial charge in [-0.25, -0.2) is 4.39 Å². The zero-order valence-electron chi connectivity index (χ0n) is 11.4. The molecule has 0 bridgehead atoms. The first-order chi connectivity index (χ1) is 9.58. The zero-order valence-corrected chi connectivity index (χ0v) is 12.2. The molecule has 0 aliphatic carbocycles. The number of pyridine rings is 1. The lowest BCUT2D eigenvalue weighted by Crippen LogP contribution is -2.31. The Bertz CT molecular complexity index is 598. The van der Waals surface area contributed by atoms with E-state index in [0.717, 1.165) is 11.4 Å². The number of aromatic nitrogens is 3. The van der Waals surface area contributed by atoms with E-state index in [4.69, 9.17) is 17.4 Å². The number of nitrogens with two attached hydrogens (primary N) is 1. The molecule has 0 spiro atoms. The van der Waals surface area contributed by atoms with Gasteiger partial charge in [0.05, 0.1) is 28.1 Å². The second-order valence-electron chi connectivity index (χ2n) is 4.46. The Morgan fingerprint density at radius 3 is 2.90 bits per heavy atom. The summed E-state index contributed by atoms with van der Waals surface area (Å²) in [6.45, 7) is 4.49. The molecule has 7 heteroatoms. The number of nitrogens with one attached hydrogen (secondary N) is 1. The van der Waals surface area contributed by atoms with Gasteiger partial charge in [0.25, 0.3) is 0 Å². The Balaban J connectivity index is 2.34. The summed E-state index contributed by atoms with van der Waals surface area (Å²) in [7, 11) is 0. The minimum atomic E-state index is -0.463. The summed E-state index contributed by atoms with van der Waals surface area (Å²) in [5, 5.41) is 4.92. The van der Waals surface area contributed by atoms with Gasteiger partial charge in [-0.2, -0.15) is 5.10 Å². The van der Waals surface area contributed by atoms with Gasteiger partial charge in [-0.05, 0) is 26.0 Å². The molecule has 0 saturated heterocycles. The van der Waals surface area contributed by atoms with Crippen LogP contribution in [0.4, 0.5) is 4.39 Å². The van der Waals surface area contributed by atoms with Crippen molar-refractivity contribution in [3.8, 4) is 0 Å². The van der Waals surface area contributed by atoms with Gasteiger partial charge in [0.2, 0.25) is 0 Å². The molecule has 0 aliphatic heterocycles. The number of hydrazine groups is 1. The molecule has 0 fully saturated rings. The molecule has 108 valence electrons. The summed E-state index contributed by atoms with van der Waals surface area (Å²) >= 11 is 6.25. The average Bonchev–Trinajstić information content (AvgIpc) is 2.73. The summed E-state index contributed by atoms with van der Waals surface area (Å²) in [6, 6.07) is 2.44. The summed E-state index contributed by atoms with van der Waals surface area (Å²) < 4.78 is 15.6. The van der Waals surface area contributed by atoms with E-state index in [-0.39, 0.29) is 5.69 Å². The number of hydrogen-bond acceptors (Lipinski definition) is 4. The minimum absolute atomic E-state index is 0.271. The van der Waals surface area contributed by atoms with Crippen LogP contribution in [0.2, 0.25) is 5.02 Å². The van der Waals surface area contributed by atoms with Crippen LogP contribution < -0.4 is 11.3 Å². The number of halogens is 2. The van der Waals surface area contributed by atoms with Crippen molar-refractivity contribution < 1.29 is 4.39 Å². The van der Waals surface area contributed by atoms with Crippen molar-refractivity contribution in [3.63, 3.8) is 0 Å². The molecule has 20 heavy (non-hydrogen) atoms. The summed E-state index contributed by atoms with van der Waals surface area (Å²) in [5.41, 5.74) is 4.43. The summed E-state index contributed by atoms with van der Waals surface area (Å²) in [4.78, 5) is 4.05. The maximum Gasteiger partial charge on any atom is 0.146 e. The van der Waals surface area contributed by atoms with E-state index in [1.54, 1.807) is 10.7 Å². The third-order valence-electron chi connectivity index (χ3n) is 3.17. The van der Waals surface area contributed by atoms with Crippen LogP contribution in [0.5, 0.6) is 0 Å². The smallest absolute Gasteiger partial charge is 0.146 e. The van der Waals surface area contributed by atoms with Crippen LogP contribution in [0, 0.1) is 12.7 Å². The fourth-order valence-corrected chi connectivity index (χ4v) is 2.36. The topological polar surface area (TPSA) is 68.8 Å². The van der Waals surface area contributed by atoms with E-state index in [1.165, 1.54) is 12.3 Å². The molecular weight excluding hydrogens is 281 g/mol. The highest BCUT2D eigenvalue weighted by Crippen LogP contribution is 2.26. The van der Waals surface area contributed by atoms with Gasteiger partial charge in [-0.15, -0.1) is 0 Å². The molecule has 2 aromatic heterocycles. The molecule has 1 atom stereocenters. The molecule has 2 aromatic rings. The molecule has 0 aliphatic rings. The second-order valence-corrected chi connectivity index (χ2v) is 4.83. The lowest BCUT2D eigenvalue weighted by molar-refractivity contribution is 0.477. The van der Waals surface area contributed by atoms with Gasteiger partial charge in [0.15, 0.2) is 0 Å². The van der Waals surface area contributed by atoms with Crippen LogP contribution in [0.1, 0.15) is 30.0 Å². The molecule has 0 radical (unpaired) electrons. The van der Waals surface area contributed by atoms with Crippen molar-refractivity contribution in [3.05, 3.63) is 46.3 Å². The van der Waals surface area contributed by atoms with Gasteiger partial charge < -0.3 is 0 Å². The van der Waals surface area contributed by atoms with E-state index in [1.807, 2.05) is 13.8 Å². The summed E-state index contributed by atoms with van der Waals surface area (Å²) in [5.74, 6) is 5.14. The standard InChI is InChI=1S/C13H17ClFN5/c1-3-20-11(12(14)8(2)19-20)7-10(18-16)13-9(15)5-4-6-17-13/h4-6,10,18H,3,7,16H2,1-2H3. The highest BCUT2D eigenvalue weighted by molar-refractivity contribution is 6.31. The first kappa shape index (κ1) is 14.9. The van der Waals surface area contributed by atoms with Crippen molar-refractivity contribution >= 4 is 11.6 Å². The molecule has 3 N–H and O–H groups in total. The van der Waals surface area contributed by atoms with Crippen LogP contribution in [-0.2, 0) is 13.0 Å². The Hall–Kier alpha value is -1.50. The van der Waals surface area contributed by atoms with Crippen LogP contribution in [0.25, 0.3) is 0 Å². The fraction of sp³-hybridized carbons (Fsp3) is 0.385. The molecular formula is C13H17ClFN5. The van der Waals surface area contributed by atoms with E-state index in [0.29, 0.717) is 18.0 Å². The molecule has 2 heterocycles. The number of hydrogen-bond donors (Lipinski definition) is 2. The normalized spacial score (nSPS) is 12.7. The van der Waals surface area contributed by atoms with E-state index < -0.39 is 11.9 Å². The van der Waals surface area contributed by atoms with Crippen LogP contribution in [0.15, 0.2) is 18.3 Å². The van der Waals surface area contributed by atoms with E-state index in [9.17, 15) is 4.39 Å². The number of aryl methyl sites for hydroxylation is 2. The Morgan fingerprint density at radius 1 is 1.55 bits per heavy atom. The van der Waals surface area contributed by atoms with E-state index in [2.05, 4.69) is 15.5 Å². The quantitative estimate of drug-likeness (QED) is 0.655. The number of nitrogens with zero attached hydrogens (tertiary/aromatic N) is 3. The van der Waals surface area contributed by atoms with Gasteiger partial charge in [-0.1, -0.05) is 11.6 Å². The predicted octanol–water partition coefficient (Wildman–Crippen LogP) is 2.15. The largest absolute Gasteiger partial charge is 0.271 e. The highest BCUT2D eigenvalue weighted by atomic mass is 35.5. The van der Waals surface area contributed by atoms with Crippen molar-refractivity contribution in [2.24, 2.45) is 5.84 Å². The second kappa shape index (κ2) is 6.30. The highest BCUT2D eigenvalue weighted by Gasteiger charge is 2.21. The lowest BCUT2D eigenvalue weighted by Gasteiger charge is -2.16. The lowest BCUT2D eigenvalue weighted by atomic mass is 10.1. The third kappa shape index (κ3) is 2.82. The van der Waals surface area contributed by atoms with Gasteiger partial charge in [0, 0.05) is 19.2 Å². The molecule has 5 nitrogen and oxygen atoms in total. The van der Waals surface area contributed by atoms with Gasteiger partial charge >= 0.3 is 0 Å². The molecule has 2 rings (SSSR count). The SMILES string of the molecule is CCn1nc(C)c(Cl)c1CC(NN)c1ncccc1F. The Kier molecular flexibility index (Phi) is 4.69. The molecule has 0 amide bonds. The van der Waals surface area contributed by atoms with Crippen molar-refractivity contribution in [2.45, 2.75) is 32.9 Å². The van der Waals surface area contributed by atoms with Crippen molar-refractivity contribution in [1.29, 1.82) is 0 Å². The first-order valence-electron chi connectivity index (χ1n) is 6.36. The van der Waals surface area contributed by atoms with Gasteiger partial charge in [-0.3, -0.25) is 20.9 Å². The van der Waals surface area contributed by atoms with Crippen LogP contribution in [-0.4, -0.2) is 14.8 Å².